The van der Waals surface area contributed by atoms with E-state index in [2.05, 4.69) is 49.9 Å². The third-order valence-corrected chi connectivity index (χ3v) is 4.33. The van der Waals surface area contributed by atoms with E-state index >= 15 is 0 Å². The van der Waals surface area contributed by atoms with E-state index in [4.69, 9.17) is 11.6 Å². The Morgan fingerprint density at radius 3 is 2.65 bits per heavy atom. The number of rotatable bonds is 5. The van der Waals surface area contributed by atoms with Crippen LogP contribution < -0.4 is 10.6 Å². The average molecular weight is 365 g/mol. The molecule has 0 aliphatic heterocycles. The molecule has 0 amide bonds. The van der Waals surface area contributed by atoms with Crippen LogP contribution in [0.1, 0.15) is 18.5 Å². The number of nitrogens with zero attached hydrogens (tertiary/aromatic N) is 3. The Morgan fingerprint density at radius 2 is 1.85 bits per heavy atom. The van der Waals surface area contributed by atoms with Crippen LogP contribution in [0.25, 0.3) is 11.0 Å². The number of hydrogen-bond acceptors (Lipinski definition) is 5. The Labute approximate surface area is 155 Å². The van der Waals surface area contributed by atoms with Gasteiger partial charge in [-0.15, -0.1) is 0 Å². The second kappa shape index (κ2) is 7.01. The van der Waals surface area contributed by atoms with Crippen LogP contribution >= 0.6 is 11.6 Å². The van der Waals surface area contributed by atoms with Crippen molar-refractivity contribution in [1.82, 2.24) is 20.2 Å². The lowest BCUT2D eigenvalue weighted by Gasteiger charge is -2.15. The number of H-pyrrole nitrogens is 1. The summed E-state index contributed by atoms with van der Waals surface area (Å²) in [4.78, 5) is 8.68. The molecule has 4 aromatic rings. The fourth-order valence-electron chi connectivity index (χ4n) is 2.79. The molecular weight excluding hydrogens is 348 g/mol. The summed E-state index contributed by atoms with van der Waals surface area (Å²) < 4.78 is 0. The maximum Gasteiger partial charge on any atom is 0.165 e. The molecule has 3 N–H and O–H groups in total. The minimum absolute atomic E-state index is 0.0863. The summed E-state index contributed by atoms with van der Waals surface area (Å²) in [5.41, 5.74) is 2.68. The molecule has 0 radical (unpaired) electrons. The highest BCUT2D eigenvalue weighted by molar-refractivity contribution is 6.30. The molecule has 0 saturated carbocycles. The van der Waals surface area contributed by atoms with Crippen molar-refractivity contribution >= 4 is 40.0 Å². The Balaban J connectivity index is 1.68. The third kappa shape index (κ3) is 3.32. The second-order valence-corrected chi connectivity index (χ2v) is 6.37. The van der Waals surface area contributed by atoms with Crippen molar-refractivity contribution in [1.29, 1.82) is 0 Å². The molecule has 1 unspecified atom stereocenters. The number of anilines is 3. The Hall–Kier alpha value is -3.12. The van der Waals surface area contributed by atoms with Crippen molar-refractivity contribution in [3.8, 4) is 0 Å². The van der Waals surface area contributed by atoms with Gasteiger partial charge in [-0.25, -0.2) is 9.97 Å². The summed E-state index contributed by atoms with van der Waals surface area (Å²) in [6, 6.07) is 17.8. The largest absolute Gasteiger partial charge is 0.363 e. The number of halogens is 1. The monoisotopic (exact) mass is 364 g/mol. The normalized spacial score (nSPS) is 12.1. The molecule has 26 heavy (non-hydrogen) atoms. The van der Waals surface area contributed by atoms with Crippen LogP contribution in [0.15, 0.2) is 60.9 Å². The molecule has 1 atom stereocenters. The molecule has 0 bridgehead atoms. The van der Waals surface area contributed by atoms with E-state index < -0.39 is 0 Å². The van der Waals surface area contributed by atoms with E-state index in [0.29, 0.717) is 22.3 Å². The minimum Gasteiger partial charge on any atom is -0.363 e. The summed E-state index contributed by atoms with van der Waals surface area (Å²) >= 11 is 6.07. The zero-order valence-corrected chi connectivity index (χ0v) is 14.8. The smallest absolute Gasteiger partial charge is 0.165 e. The van der Waals surface area contributed by atoms with Gasteiger partial charge in [-0.2, -0.15) is 5.10 Å². The van der Waals surface area contributed by atoms with Gasteiger partial charge in [-0.1, -0.05) is 48.0 Å². The van der Waals surface area contributed by atoms with E-state index in [1.807, 2.05) is 42.5 Å². The van der Waals surface area contributed by atoms with Crippen LogP contribution in [0.2, 0.25) is 5.02 Å². The predicted molar refractivity (Wildman–Crippen MR) is 105 cm³/mol. The average Bonchev–Trinajstić information content (AvgIpc) is 3.06. The molecule has 6 nitrogen and oxygen atoms in total. The van der Waals surface area contributed by atoms with Crippen LogP contribution in [-0.2, 0) is 0 Å². The molecule has 2 heterocycles. The number of aromatic amines is 1. The Morgan fingerprint density at radius 1 is 1.00 bits per heavy atom. The topological polar surface area (TPSA) is 78.5 Å². The van der Waals surface area contributed by atoms with E-state index in [9.17, 15) is 0 Å². The van der Waals surface area contributed by atoms with E-state index in [0.717, 1.165) is 11.1 Å². The van der Waals surface area contributed by atoms with E-state index in [1.54, 1.807) is 0 Å². The fraction of sp³-hybridized carbons (Fsp3) is 0.105. The maximum absolute atomic E-state index is 6.07. The van der Waals surface area contributed by atoms with E-state index in [-0.39, 0.29) is 6.04 Å². The van der Waals surface area contributed by atoms with Gasteiger partial charge < -0.3 is 10.6 Å². The number of fused-ring (bicyclic) bond motifs is 1. The number of nitrogens with one attached hydrogen (secondary N) is 3. The van der Waals surface area contributed by atoms with Crippen molar-refractivity contribution in [2.45, 2.75) is 13.0 Å². The van der Waals surface area contributed by atoms with Gasteiger partial charge >= 0.3 is 0 Å². The summed E-state index contributed by atoms with van der Waals surface area (Å²) in [7, 11) is 0. The summed E-state index contributed by atoms with van der Waals surface area (Å²) in [6.07, 6.45) is 1.52. The Bertz CT molecular complexity index is 1030. The predicted octanol–water partition coefficient (Wildman–Crippen LogP) is 4.92. The Kier molecular flexibility index (Phi) is 4.41. The van der Waals surface area contributed by atoms with Gasteiger partial charge in [0.25, 0.3) is 0 Å². The van der Waals surface area contributed by atoms with Gasteiger partial charge in [0, 0.05) is 16.8 Å². The molecule has 0 aliphatic rings. The van der Waals surface area contributed by atoms with E-state index in [1.165, 1.54) is 11.9 Å². The van der Waals surface area contributed by atoms with Gasteiger partial charge in [0.2, 0.25) is 0 Å². The van der Waals surface area contributed by atoms with Gasteiger partial charge in [0.15, 0.2) is 11.5 Å². The first-order chi connectivity index (χ1) is 12.7. The lowest BCUT2D eigenvalue weighted by Crippen LogP contribution is -2.08. The first kappa shape index (κ1) is 16.4. The van der Waals surface area contributed by atoms with Gasteiger partial charge in [0.1, 0.15) is 17.5 Å². The van der Waals surface area contributed by atoms with Crippen molar-refractivity contribution < 1.29 is 0 Å². The van der Waals surface area contributed by atoms with Gasteiger partial charge in [-0.3, -0.25) is 5.10 Å². The highest BCUT2D eigenvalue weighted by Crippen LogP contribution is 2.30. The molecule has 0 aliphatic carbocycles. The molecule has 2 aromatic heterocycles. The molecular formula is C19H17ClN6. The lowest BCUT2D eigenvalue weighted by molar-refractivity contribution is 0.876. The van der Waals surface area contributed by atoms with Crippen LogP contribution in [-0.4, -0.2) is 20.2 Å². The molecule has 4 rings (SSSR count). The van der Waals surface area contributed by atoms with Crippen molar-refractivity contribution in [3.63, 3.8) is 0 Å². The van der Waals surface area contributed by atoms with Crippen molar-refractivity contribution in [3.05, 3.63) is 71.5 Å². The van der Waals surface area contributed by atoms with Crippen molar-refractivity contribution in [2.75, 3.05) is 10.6 Å². The summed E-state index contributed by atoms with van der Waals surface area (Å²) in [5.74, 6) is 1.36. The van der Waals surface area contributed by atoms with Crippen LogP contribution in [0.3, 0.4) is 0 Å². The molecule has 0 spiro atoms. The summed E-state index contributed by atoms with van der Waals surface area (Å²) in [6.45, 7) is 2.09. The highest BCUT2D eigenvalue weighted by atomic mass is 35.5. The minimum atomic E-state index is 0.0863. The number of aromatic nitrogens is 4. The van der Waals surface area contributed by atoms with Gasteiger partial charge in [0.05, 0.1) is 0 Å². The summed E-state index contributed by atoms with van der Waals surface area (Å²) in [5, 5.41) is 15.5. The zero-order valence-electron chi connectivity index (χ0n) is 14.1. The third-order valence-electron chi connectivity index (χ3n) is 4.10. The highest BCUT2D eigenvalue weighted by Gasteiger charge is 2.15. The molecule has 130 valence electrons. The maximum atomic E-state index is 6.07. The molecule has 0 fully saturated rings. The van der Waals surface area contributed by atoms with Crippen molar-refractivity contribution in [2.24, 2.45) is 0 Å². The SMILES string of the molecule is CC(Nc1ncnc2[nH]nc(Nc3cccc(Cl)c3)c12)c1ccccc1. The number of benzene rings is 2. The first-order valence-electron chi connectivity index (χ1n) is 8.24. The molecule has 7 heteroatoms. The van der Waals surface area contributed by atoms with Crippen LogP contribution in [0.5, 0.6) is 0 Å². The first-order valence-corrected chi connectivity index (χ1v) is 8.61. The second-order valence-electron chi connectivity index (χ2n) is 5.93. The quantitative estimate of drug-likeness (QED) is 0.468. The van der Waals surface area contributed by atoms with Gasteiger partial charge in [-0.05, 0) is 30.7 Å². The molecule has 2 aromatic carbocycles. The number of hydrogen-bond donors (Lipinski definition) is 3. The standard InChI is InChI=1S/C19H17ClN6/c1-12(13-6-3-2-4-7-13)23-17-16-18(22-11-21-17)25-26-19(16)24-15-9-5-8-14(20)10-15/h2-12H,1H3,(H3,21,22,23,24,25,26). The lowest BCUT2D eigenvalue weighted by atomic mass is 10.1. The van der Waals surface area contributed by atoms with Crippen LogP contribution in [0, 0.1) is 0 Å². The zero-order chi connectivity index (χ0) is 17.9. The molecule has 0 saturated heterocycles. The van der Waals surface area contributed by atoms with Crippen LogP contribution in [0.4, 0.5) is 17.3 Å². The fourth-order valence-corrected chi connectivity index (χ4v) is 2.98.